The van der Waals surface area contributed by atoms with Crippen molar-refractivity contribution in [1.29, 1.82) is 0 Å². The smallest absolute Gasteiger partial charge is 0.416 e. The summed E-state index contributed by atoms with van der Waals surface area (Å²) < 4.78 is 66.9. The third-order valence-electron chi connectivity index (χ3n) is 9.29. The minimum atomic E-state index is -4.42. The van der Waals surface area contributed by atoms with Gasteiger partial charge in [0.2, 0.25) is 0 Å². The SMILES string of the molecule is C=C([C@H]1CC[C@@H](N2CCN(c3ccc(F)c(CC(=O)O)c3)[C@@H](C)C2)CO1)N1COc2ccc(C(F)(F)F)cc2C1C1CC1. The Balaban J connectivity index is 1.07. The van der Waals surface area contributed by atoms with Crippen LogP contribution in [0.25, 0.3) is 0 Å². The first kappa shape index (κ1) is 29.7. The molecule has 3 fully saturated rings. The molecule has 1 saturated carbocycles. The zero-order chi connectivity index (χ0) is 30.5. The van der Waals surface area contributed by atoms with E-state index in [0.29, 0.717) is 17.9 Å². The van der Waals surface area contributed by atoms with Crippen molar-refractivity contribution in [3.05, 3.63) is 71.2 Å². The number of anilines is 1. The maximum atomic E-state index is 14.1. The normalized spacial score (nSPS) is 26.5. The highest BCUT2D eigenvalue weighted by atomic mass is 19.4. The minimum Gasteiger partial charge on any atom is -0.481 e. The summed E-state index contributed by atoms with van der Waals surface area (Å²) in [5.41, 5.74) is 1.66. The molecule has 0 bridgehead atoms. The van der Waals surface area contributed by atoms with Crippen LogP contribution in [0.15, 0.2) is 48.7 Å². The van der Waals surface area contributed by atoms with E-state index < -0.39 is 23.5 Å². The summed E-state index contributed by atoms with van der Waals surface area (Å²) in [6, 6.07) is 8.56. The number of fused-ring (bicyclic) bond motifs is 1. The molecule has 2 aromatic carbocycles. The number of alkyl halides is 3. The Morgan fingerprint density at radius 2 is 1.88 bits per heavy atom. The van der Waals surface area contributed by atoms with E-state index in [-0.39, 0.29) is 48.9 Å². The summed E-state index contributed by atoms with van der Waals surface area (Å²) in [6.07, 6.45) is -1.45. The minimum absolute atomic E-state index is 0.135. The van der Waals surface area contributed by atoms with E-state index in [1.54, 1.807) is 12.1 Å². The Kier molecular flexibility index (Phi) is 8.06. The Labute approximate surface area is 248 Å². The fraction of sp³-hybridized carbons (Fsp3) is 0.531. The highest BCUT2D eigenvalue weighted by Gasteiger charge is 2.44. The molecule has 0 radical (unpaired) electrons. The molecule has 1 N–H and O–H groups in total. The van der Waals surface area contributed by atoms with Gasteiger partial charge in [-0.15, -0.1) is 0 Å². The van der Waals surface area contributed by atoms with Gasteiger partial charge < -0.3 is 24.4 Å². The van der Waals surface area contributed by atoms with Crippen molar-refractivity contribution in [2.24, 2.45) is 5.92 Å². The van der Waals surface area contributed by atoms with Crippen molar-refractivity contribution in [3.63, 3.8) is 0 Å². The first-order valence-corrected chi connectivity index (χ1v) is 14.9. The Hall–Kier alpha value is -3.31. The van der Waals surface area contributed by atoms with Gasteiger partial charge in [0.15, 0.2) is 6.73 Å². The van der Waals surface area contributed by atoms with Crippen molar-refractivity contribution < 1.29 is 36.9 Å². The third kappa shape index (κ3) is 6.20. The van der Waals surface area contributed by atoms with Crippen LogP contribution in [0.2, 0.25) is 0 Å². The van der Waals surface area contributed by atoms with Gasteiger partial charge in [-0.2, -0.15) is 13.2 Å². The lowest BCUT2D eigenvalue weighted by Gasteiger charge is -2.47. The molecule has 2 aromatic rings. The van der Waals surface area contributed by atoms with E-state index in [1.165, 1.54) is 18.2 Å². The van der Waals surface area contributed by atoms with Gasteiger partial charge in [-0.1, -0.05) is 6.58 Å². The molecule has 0 spiro atoms. The average molecular weight is 604 g/mol. The van der Waals surface area contributed by atoms with Gasteiger partial charge in [0.05, 0.1) is 30.7 Å². The standard InChI is InChI=1S/C32H37F4N3O4/c1-19-16-37(11-12-38(19)24-6-8-27(33)22(13-24)14-30(40)41)25-7-10-28(42-17-25)20(2)39-18-43-29-9-5-23(32(34,35)36)15-26(29)31(39)21-3-4-21/h5-6,8-9,13,15,19,21,25,28,31H,2-4,7,10-12,14,16-18H2,1H3,(H,40,41)/t19-,25+,28+,31?/m0/s1. The number of rotatable bonds is 7. The van der Waals surface area contributed by atoms with E-state index in [2.05, 4.69) is 23.3 Å². The van der Waals surface area contributed by atoms with Crippen LogP contribution in [0, 0.1) is 11.7 Å². The molecule has 232 valence electrons. The van der Waals surface area contributed by atoms with Crippen LogP contribution in [0.3, 0.4) is 0 Å². The second-order valence-corrected chi connectivity index (χ2v) is 12.2. The lowest BCUT2D eigenvalue weighted by atomic mass is 9.94. The molecule has 43 heavy (non-hydrogen) atoms. The molecule has 1 unspecified atom stereocenters. The lowest BCUT2D eigenvalue weighted by Crippen LogP contribution is -2.57. The van der Waals surface area contributed by atoms with E-state index >= 15 is 0 Å². The van der Waals surface area contributed by atoms with Crippen molar-refractivity contribution >= 4 is 11.7 Å². The van der Waals surface area contributed by atoms with Crippen LogP contribution in [0.5, 0.6) is 5.75 Å². The average Bonchev–Trinajstić information content (AvgIpc) is 3.82. The highest BCUT2D eigenvalue weighted by molar-refractivity contribution is 5.71. The van der Waals surface area contributed by atoms with Crippen molar-refractivity contribution in [2.75, 3.05) is 37.9 Å². The first-order chi connectivity index (χ1) is 20.5. The molecule has 4 aliphatic rings. The number of hydrogen-bond acceptors (Lipinski definition) is 6. The second-order valence-electron chi connectivity index (χ2n) is 12.2. The van der Waals surface area contributed by atoms with Gasteiger partial charge in [-0.3, -0.25) is 9.69 Å². The Bertz CT molecular complexity index is 1370. The number of benzene rings is 2. The number of aliphatic carboxylic acids is 1. The monoisotopic (exact) mass is 603 g/mol. The van der Waals surface area contributed by atoms with Gasteiger partial charge in [-0.05, 0) is 74.9 Å². The molecule has 6 rings (SSSR count). The largest absolute Gasteiger partial charge is 0.481 e. The molecule has 7 nitrogen and oxygen atoms in total. The van der Waals surface area contributed by atoms with Gasteiger partial charge in [0.1, 0.15) is 11.6 Å². The molecule has 2 saturated heterocycles. The number of piperazine rings is 1. The summed E-state index contributed by atoms with van der Waals surface area (Å²) in [7, 11) is 0. The molecule has 4 atom stereocenters. The number of carboxylic acids is 1. The van der Waals surface area contributed by atoms with Crippen molar-refractivity contribution in [1.82, 2.24) is 9.80 Å². The van der Waals surface area contributed by atoms with E-state index in [4.69, 9.17) is 14.6 Å². The van der Waals surface area contributed by atoms with Crippen LogP contribution in [0.4, 0.5) is 23.2 Å². The van der Waals surface area contributed by atoms with Gasteiger partial charge in [0, 0.05) is 54.2 Å². The summed E-state index contributed by atoms with van der Waals surface area (Å²) in [5, 5.41) is 9.12. The predicted molar refractivity (Wildman–Crippen MR) is 152 cm³/mol. The predicted octanol–water partition coefficient (Wildman–Crippen LogP) is 5.85. The van der Waals surface area contributed by atoms with E-state index in [0.717, 1.165) is 62.8 Å². The molecule has 3 aliphatic heterocycles. The topological polar surface area (TPSA) is 65.5 Å². The van der Waals surface area contributed by atoms with E-state index in [1.807, 2.05) is 4.90 Å². The van der Waals surface area contributed by atoms with Crippen LogP contribution in [-0.2, 0) is 22.1 Å². The molecule has 0 aromatic heterocycles. The van der Waals surface area contributed by atoms with Gasteiger partial charge in [-0.25, -0.2) is 4.39 Å². The third-order valence-corrected chi connectivity index (χ3v) is 9.29. The number of carboxylic acid groups (broad SMARTS) is 1. The number of ether oxygens (including phenoxy) is 2. The van der Waals surface area contributed by atoms with Crippen LogP contribution >= 0.6 is 0 Å². The summed E-state index contributed by atoms with van der Waals surface area (Å²) in [6.45, 7) is 9.51. The van der Waals surface area contributed by atoms with Crippen molar-refractivity contribution in [3.8, 4) is 5.75 Å². The quantitative estimate of drug-likeness (QED) is 0.399. The number of hydrogen-bond donors (Lipinski definition) is 1. The summed E-state index contributed by atoms with van der Waals surface area (Å²) >= 11 is 0. The Morgan fingerprint density at radius 1 is 1.09 bits per heavy atom. The molecular formula is C32H37F4N3O4. The Morgan fingerprint density at radius 3 is 2.53 bits per heavy atom. The molecule has 3 heterocycles. The van der Waals surface area contributed by atoms with Gasteiger partial charge >= 0.3 is 12.1 Å². The summed E-state index contributed by atoms with van der Waals surface area (Å²) in [5.74, 6) is -0.810. The maximum absolute atomic E-state index is 14.1. The zero-order valence-electron chi connectivity index (χ0n) is 24.2. The maximum Gasteiger partial charge on any atom is 0.416 e. The number of nitrogens with zero attached hydrogens (tertiary/aromatic N) is 3. The van der Waals surface area contributed by atoms with E-state index in [9.17, 15) is 22.4 Å². The highest BCUT2D eigenvalue weighted by Crippen LogP contribution is 2.51. The zero-order valence-corrected chi connectivity index (χ0v) is 24.2. The fourth-order valence-corrected chi connectivity index (χ4v) is 6.87. The lowest BCUT2D eigenvalue weighted by molar-refractivity contribution is -0.138. The number of carbonyl (C=O) groups is 1. The fourth-order valence-electron chi connectivity index (χ4n) is 6.87. The summed E-state index contributed by atoms with van der Waals surface area (Å²) in [4.78, 5) is 17.7. The van der Waals surface area contributed by atoms with Crippen LogP contribution in [0.1, 0.15) is 55.3 Å². The van der Waals surface area contributed by atoms with Crippen LogP contribution in [-0.4, -0.2) is 72.0 Å². The molecule has 0 amide bonds. The molecular weight excluding hydrogens is 566 g/mol. The second kappa shape index (κ2) is 11.6. The van der Waals surface area contributed by atoms with Gasteiger partial charge in [0.25, 0.3) is 0 Å². The first-order valence-electron chi connectivity index (χ1n) is 14.9. The molecule has 11 heteroatoms. The van der Waals surface area contributed by atoms with Crippen LogP contribution < -0.4 is 9.64 Å². The van der Waals surface area contributed by atoms with Crippen molar-refractivity contribution in [2.45, 2.75) is 69.4 Å². The molecule has 1 aliphatic carbocycles. The number of halogens is 4.